The van der Waals surface area contributed by atoms with Crippen molar-refractivity contribution in [3.05, 3.63) is 41.3 Å². The van der Waals surface area contributed by atoms with Crippen molar-refractivity contribution in [3.63, 3.8) is 0 Å². The summed E-state index contributed by atoms with van der Waals surface area (Å²) in [6, 6.07) is 6.24. The van der Waals surface area contributed by atoms with Crippen molar-refractivity contribution in [3.8, 4) is 0 Å². The molecule has 4 rings (SSSR count). The van der Waals surface area contributed by atoms with E-state index in [1.165, 1.54) is 10.9 Å². The highest BCUT2D eigenvalue weighted by Crippen LogP contribution is 2.24. The summed E-state index contributed by atoms with van der Waals surface area (Å²) in [6.07, 6.45) is 5.18. The third-order valence-corrected chi connectivity index (χ3v) is 5.37. The number of carbonyl (C=O) groups excluding carboxylic acids is 1. The number of hydrogen-bond acceptors (Lipinski definition) is 4. The third kappa shape index (κ3) is 4.20. The molecule has 0 atom stereocenters. The van der Waals surface area contributed by atoms with Crippen LogP contribution in [-0.4, -0.2) is 38.7 Å². The molecular formula is C20H27ClN6O. The van der Waals surface area contributed by atoms with Crippen LogP contribution < -0.4 is 10.6 Å². The lowest BCUT2D eigenvalue weighted by Crippen LogP contribution is -2.27. The Kier molecular flexibility index (Phi) is 6.36. The number of nitrogens with zero attached hydrogens (tertiary/aromatic N) is 3. The molecule has 8 heteroatoms. The van der Waals surface area contributed by atoms with E-state index in [2.05, 4.69) is 50.8 Å². The second-order valence-electron chi connectivity index (χ2n) is 7.30. The number of para-hydroxylation sites is 1. The molecule has 0 unspecified atom stereocenters. The van der Waals surface area contributed by atoms with Gasteiger partial charge in [-0.25, -0.2) is 4.68 Å². The van der Waals surface area contributed by atoms with Crippen LogP contribution in [0.1, 0.15) is 42.1 Å². The maximum atomic E-state index is 12.4. The number of aromatic nitrogens is 4. The number of benzene rings is 1. The fourth-order valence-electron chi connectivity index (χ4n) is 3.77. The van der Waals surface area contributed by atoms with Gasteiger partial charge in [-0.05, 0) is 50.4 Å². The van der Waals surface area contributed by atoms with Gasteiger partial charge in [0.25, 0.3) is 0 Å². The number of nitrogens with one attached hydrogen (secondary N) is 3. The number of rotatable bonds is 5. The summed E-state index contributed by atoms with van der Waals surface area (Å²) >= 11 is 0. The lowest BCUT2D eigenvalue weighted by atomic mass is 9.98. The minimum absolute atomic E-state index is 0. The van der Waals surface area contributed by atoms with Gasteiger partial charge in [0.2, 0.25) is 11.9 Å². The first kappa shape index (κ1) is 20.4. The van der Waals surface area contributed by atoms with Gasteiger partial charge in [-0.15, -0.1) is 12.4 Å². The first-order valence-corrected chi connectivity index (χ1v) is 9.59. The number of aryl methyl sites for hydroxylation is 3. The second kappa shape index (κ2) is 8.75. The van der Waals surface area contributed by atoms with Crippen LogP contribution in [0, 0.1) is 6.92 Å². The maximum absolute atomic E-state index is 12.4. The van der Waals surface area contributed by atoms with Crippen molar-refractivity contribution < 1.29 is 4.79 Å². The molecule has 3 N–H and O–H groups in total. The van der Waals surface area contributed by atoms with Crippen molar-refractivity contribution in [2.45, 2.75) is 38.5 Å². The monoisotopic (exact) mass is 402 g/mol. The molecule has 1 saturated heterocycles. The number of fused-ring (bicyclic) bond motifs is 1. The molecule has 0 aliphatic carbocycles. The first-order valence-electron chi connectivity index (χ1n) is 9.59. The second-order valence-corrected chi connectivity index (χ2v) is 7.30. The number of piperidine rings is 1. The summed E-state index contributed by atoms with van der Waals surface area (Å²) in [7, 11) is 1.83. The number of aromatic amines is 1. The van der Waals surface area contributed by atoms with Crippen molar-refractivity contribution in [2.75, 3.05) is 18.4 Å². The first-order chi connectivity index (χ1) is 13.1. The summed E-state index contributed by atoms with van der Waals surface area (Å²) < 4.78 is 1.67. The number of hydrogen-bond donors (Lipinski definition) is 3. The molecule has 7 nitrogen and oxygen atoms in total. The van der Waals surface area contributed by atoms with Gasteiger partial charge in [-0.2, -0.15) is 10.1 Å². The molecule has 0 spiro atoms. The molecule has 0 saturated carbocycles. The topological polar surface area (TPSA) is 87.6 Å². The molecule has 1 amide bonds. The fourth-order valence-corrected chi connectivity index (χ4v) is 3.77. The summed E-state index contributed by atoms with van der Waals surface area (Å²) in [5, 5.41) is 12.0. The standard InChI is InChI=1S/C20H26N6O.ClH/c1-13-4-3-5-16-15(12-22-18(13)16)6-7-17(27)23-20-24-19(25-26(20)2)14-8-10-21-11-9-14;/h3-5,12,14,21-22H,6-11H2,1-2H3,(H,23,24,25,27);1H. The summed E-state index contributed by atoms with van der Waals surface area (Å²) in [6.45, 7) is 4.08. The molecule has 0 radical (unpaired) electrons. The Morgan fingerprint density at radius 1 is 1.32 bits per heavy atom. The van der Waals surface area contributed by atoms with Crippen molar-refractivity contribution in [1.29, 1.82) is 0 Å². The molecule has 0 bridgehead atoms. The minimum Gasteiger partial charge on any atom is -0.361 e. The lowest BCUT2D eigenvalue weighted by molar-refractivity contribution is -0.116. The van der Waals surface area contributed by atoms with E-state index in [1.807, 2.05) is 13.2 Å². The number of halogens is 1. The molecule has 2 aromatic heterocycles. The summed E-state index contributed by atoms with van der Waals surface area (Å²) in [5.41, 5.74) is 3.53. The van der Waals surface area contributed by atoms with E-state index in [4.69, 9.17) is 0 Å². The Balaban J connectivity index is 0.00000225. The number of carbonyl (C=O) groups is 1. The van der Waals surface area contributed by atoms with E-state index in [-0.39, 0.29) is 18.3 Å². The largest absolute Gasteiger partial charge is 0.361 e. The van der Waals surface area contributed by atoms with E-state index in [1.54, 1.807) is 4.68 Å². The van der Waals surface area contributed by atoms with Gasteiger partial charge in [-0.3, -0.25) is 10.1 Å². The van der Waals surface area contributed by atoms with Gasteiger partial charge in [0.1, 0.15) is 0 Å². The highest BCUT2D eigenvalue weighted by molar-refractivity contribution is 5.90. The summed E-state index contributed by atoms with van der Waals surface area (Å²) in [5.74, 6) is 1.70. The predicted molar refractivity (Wildman–Crippen MR) is 113 cm³/mol. The van der Waals surface area contributed by atoms with Crippen molar-refractivity contribution in [2.24, 2.45) is 7.05 Å². The number of H-pyrrole nitrogens is 1. The number of anilines is 1. The van der Waals surface area contributed by atoms with Crippen LogP contribution in [0.15, 0.2) is 24.4 Å². The zero-order valence-corrected chi connectivity index (χ0v) is 17.1. The van der Waals surface area contributed by atoms with E-state index in [0.29, 0.717) is 24.7 Å². The van der Waals surface area contributed by atoms with Crippen molar-refractivity contribution in [1.82, 2.24) is 25.1 Å². The van der Waals surface area contributed by atoms with Crippen LogP contribution in [0.3, 0.4) is 0 Å². The van der Waals surface area contributed by atoms with Crippen LogP contribution in [-0.2, 0) is 18.3 Å². The van der Waals surface area contributed by atoms with E-state index in [9.17, 15) is 4.79 Å². The van der Waals surface area contributed by atoms with Gasteiger partial charge in [0, 0.05) is 36.5 Å². The van der Waals surface area contributed by atoms with Gasteiger partial charge >= 0.3 is 0 Å². The Hall–Kier alpha value is -2.38. The zero-order valence-electron chi connectivity index (χ0n) is 16.3. The Labute approximate surface area is 170 Å². The number of amides is 1. The van der Waals surface area contributed by atoms with Crippen LogP contribution in [0.2, 0.25) is 0 Å². The minimum atomic E-state index is -0.0376. The predicted octanol–water partition coefficient (Wildman–Crippen LogP) is 3.06. The SMILES string of the molecule is Cc1cccc2c(CCC(=O)Nc3nc(C4CCNCC4)nn3C)c[nH]c12.Cl. The fraction of sp³-hybridized carbons (Fsp3) is 0.450. The molecular weight excluding hydrogens is 376 g/mol. The van der Waals surface area contributed by atoms with Crippen LogP contribution in [0.4, 0.5) is 5.95 Å². The van der Waals surface area contributed by atoms with E-state index < -0.39 is 0 Å². The normalized spacial score (nSPS) is 14.8. The molecule has 28 heavy (non-hydrogen) atoms. The van der Waals surface area contributed by atoms with Gasteiger partial charge < -0.3 is 10.3 Å². The quantitative estimate of drug-likeness (QED) is 0.612. The van der Waals surface area contributed by atoms with Crippen LogP contribution in [0.5, 0.6) is 0 Å². The average Bonchev–Trinajstić information content (AvgIpc) is 3.26. The smallest absolute Gasteiger partial charge is 0.227 e. The summed E-state index contributed by atoms with van der Waals surface area (Å²) in [4.78, 5) is 20.3. The molecule has 1 aliphatic heterocycles. The Morgan fingerprint density at radius 2 is 2.11 bits per heavy atom. The van der Waals surface area contributed by atoms with E-state index >= 15 is 0 Å². The maximum Gasteiger partial charge on any atom is 0.227 e. The van der Waals surface area contributed by atoms with Gasteiger partial charge in [0.05, 0.1) is 0 Å². The van der Waals surface area contributed by atoms with Crippen molar-refractivity contribution >= 4 is 35.2 Å². The third-order valence-electron chi connectivity index (χ3n) is 5.37. The Bertz CT molecular complexity index is 957. The molecule has 1 aliphatic rings. The van der Waals surface area contributed by atoms with Crippen LogP contribution >= 0.6 is 12.4 Å². The van der Waals surface area contributed by atoms with Crippen LogP contribution in [0.25, 0.3) is 10.9 Å². The molecule has 150 valence electrons. The molecule has 3 heterocycles. The highest BCUT2D eigenvalue weighted by Gasteiger charge is 2.21. The molecule has 3 aromatic rings. The highest BCUT2D eigenvalue weighted by atomic mass is 35.5. The molecule has 1 fully saturated rings. The average molecular weight is 403 g/mol. The molecule has 1 aromatic carbocycles. The van der Waals surface area contributed by atoms with Gasteiger partial charge in [0.15, 0.2) is 5.82 Å². The van der Waals surface area contributed by atoms with Gasteiger partial charge in [-0.1, -0.05) is 18.2 Å². The zero-order chi connectivity index (χ0) is 18.8. The Morgan fingerprint density at radius 3 is 2.89 bits per heavy atom. The van der Waals surface area contributed by atoms with E-state index in [0.717, 1.165) is 42.8 Å². The lowest BCUT2D eigenvalue weighted by Gasteiger charge is -2.19.